The summed E-state index contributed by atoms with van der Waals surface area (Å²) in [5, 5.41) is 9.98. The van der Waals surface area contributed by atoms with Crippen LogP contribution in [-0.4, -0.2) is 11.1 Å². The number of hydrogen-bond acceptors (Lipinski definition) is 1. The monoisotopic (exact) mass is 314 g/mol. The van der Waals surface area contributed by atoms with Gasteiger partial charge >= 0.3 is 5.97 Å². The van der Waals surface area contributed by atoms with Crippen LogP contribution in [0.5, 0.6) is 0 Å². The Balaban J connectivity index is 2.23. The number of carboxylic acids is 1. The summed E-state index contributed by atoms with van der Waals surface area (Å²) in [5.74, 6) is -0.909. The smallest absolute Gasteiger partial charge is 0.304 e. The molecule has 0 spiro atoms. The van der Waals surface area contributed by atoms with E-state index in [9.17, 15) is 9.90 Å². The Kier molecular flexibility index (Phi) is 3.53. The molecule has 0 heterocycles. The minimum Gasteiger partial charge on any atom is -0.481 e. The first kappa shape index (κ1) is 15.1. The van der Waals surface area contributed by atoms with Crippen LogP contribution in [0.3, 0.4) is 0 Å². The molecule has 2 nitrogen and oxygen atoms in total. The Morgan fingerprint density at radius 1 is 1.18 bits per heavy atom. The Morgan fingerprint density at radius 3 is 2.55 bits per heavy atom. The lowest BCUT2D eigenvalue weighted by atomic mass is 9.83. The summed E-state index contributed by atoms with van der Waals surface area (Å²) in [5.41, 5.74) is 5.41. The molecule has 1 atom stereocenters. The second-order valence-corrected chi connectivity index (χ2v) is 7.31. The molecule has 0 saturated heterocycles. The number of aliphatic carboxylic acids is 1. The molecule has 3 heteroatoms. The summed E-state index contributed by atoms with van der Waals surface area (Å²) < 4.78 is 0. The molecule has 114 valence electrons. The van der Waals surface area contributed by atoms with E-state index < -0.39 is 5.97 Å². The molecule has 1 aliphatic carbocycles. The molecule has 1 N–H and O–H groups in total. The fraction of sp³-hybridized carbons (Fsp3) is 0.316. The number of halogens is 1. The summed E-state index contributed by atoms with van der Waals surface area (Å²) in [6, 6.07) is 12.1. The first-order valence-electron chi connectivity index (χ1n) is 7.44. The molecule has 0 amide bonds. The van der Waals surface area contributed by atoms with Crippen molar-refractivity contribution in [2.75, 3.05) is 0 Å². The van der Waals surface area contributed by atoms with E-state index in [2.05, 4.69) is 39.0 Å². The fourth-order valence-corrected chi connectivity index (χ4v) is 3.51. The van der Waals surface area contributed by atoms with Gasteiger partial charge in [-0.05, 0) is 33.7 Å². The van der Waals surface area contributed by atoms with Crippen molar-refractivity contribution in [3.8, 4) is 11.1 Å². The van der Waals surface area contributed by atoms with E-state index in [1.165, 1.54) is 5.56 Å². The normalized spacial score (nSPS) is 16.3. The van der Waals surface area contributed by atoms with E-state index in [-0.39, 0.29) is 17.8 Å². The van der Waals surface area contributed by atoms with Crippen molar-refractivity contribution in [1.29, 1.82) is 0 Å². The SMILES string of the molecule is CC(C)(C)c1ccc2c(c1)C(CC(=O)O)c1cccc(Cl)c1-2. The lowest BCUT2D eigenvalue weighted by Crippen LogP contribution is -2.12. The summed E-state index contributed by atoms with van der Waals surface area (Å²) in [7, 11) is 0. The van der Waals surface area contributed by atoms with Crippen LogP contribution in [-0.2, 0) is 10.2 Å². The van der Waals surface area contributed by atoms with Gasteiger partial charge < -0.3 is 5.11 Å². The molecular formula is C19H19ClO2. The number of benzene rings is 2. The van der Waals surface area contributed by atoms with Crippen molar-refractivity contribution in [2.24, 2.45) is 0 Å². The highest BCUT2D eigenvalue weighted by Crippen LogP contribution is 2.50. The minimum atomic E-state index is -0.787. The Bertz CT molecular complexity index is 757. The molecule has 22 heavy (non-hydrogen) atoms. The Labute approximate surface area is 135 Å². The highest BCUT2D eigenvalue weighted by molar-refractivity contribution is 6.33. The van der Waals surface area contributed by atoms with E-state index in [0.29, 0.717) is 5.02 Å². The molecule has 0 bridgehead atoms. The van der Waals surface area contributed by atoms with E-state index in [1.54, 1.807) is 0 Å². The molecule has 1 aliphatic rings. The zero-order valence-electron chi connectivity index (χ0n) is 13.0. The van der Waals surface area contributed by atoms with E-state index in [1.807, 2.05) is 18.2 Å². The first-order valence-corrected chi connectivity index (χ1v) is 7.82. The highest BCUT2D eigenvalue weighted by Gasteiger charge is 2.32. The summed E-state index contributed by atoms with van der Waals surface area (Å²) in [6.07, 6.45) is 0.0912. The van der Waals surface area contributed by atoms with Crippen molar-refractivity contribution in [3.05, 3.63) is 58.1 Å². The third kappa shape index (κ3) is 2.42. The molecule has 0 saturated carbocycles. The minimum absolute atomic E-state index is 0.0291. The second kappa shape index (κ2) is 5.13. The molecule has 0 radical (unpaired) electrons. The van der Waals surface area contributed by atoms with Crippen molar-refractivity contribution in [1.82, 2.24) is 0 Å². The fourth-order valence-electron chi connectivity index (χ4n) is 3.22. The lowest BCUT2D eigenvalue weighted by molar-refractivity contribution is -0.137. The third-order valence-electron chi connectivity index (χ3n) is 4.36. The summed E-state index contributed by atoms with van der Waals surface area (Å²) >= 11 is 6.38. The predicted octanol–water partition coefficient (Wildman–Crippen LogP) is 5.22. The van der Waals surface area contributed by atoms with Crippen molar-refractivity contribution >= 4 is 17.6 Å². The Morgan fingerprint density at radius 2 is 1.91 bits per heavy atom. The highest BCUT2D eigenvalue weighted by atomic mass is 35.5. The quantitative estimate of drug-likeness (QED) is 0.824. The zero-order valence-corrected chi connectivity index (χ0v) is 13.7. The maximum absolute atomic E-state index is 11.3. The van der Waals surface area contributed by atoms with Gasteiger partial charge in [0.05, 0.1) is 6.42 Å². The number of carbonyl (C=O) groups is 1. The van der Waals surface area contributed by atoms with E-state index >= 15 is 0 Å². The average Bonchev–Trinajstić information content (AvgIpc) is 2.72. The van der Waals surface area contributed by atoms with Crippen LogP contribution in [0.2, 0.25) is 5.02 Å². The van der Waals surface area contributed by atoms with Crippen LogP contribution in [0.25, 0.3) is 11.1 Å². The van der Waals surface area contributed by atoms with Gasteiger partial charge in [0.2, 0.25) is 0 Å². The van der Waals surface area contributed by atoms with Gasteiger partial charge in [-0.3, -0.25) is 4.79 Å². The molecule has 3 rings (SSSR count). The average molecular weight is 315 g/mol. The molecule has 0 aliphatic heterocycles. The maximum Gasteiger partial charge on any atom is 0.304 e. The topological polar surface area (TPSA) is 37.3 Å². The number of carboxylic acid groups (broad SMARTS) is 1. The van der Waals surface area contributed by atoms with Gasteiger partial charge in [-0.2, -0.15) is 0 Å². The predicted molar refractivity (Wildman–Crippen MR) is 89.7 cm³/mol. The van der Waals surface area contributed by atoms with Gasteiger partial charge in [-0.15, -0.1) is 0 Å². The molecule has 2 aromatic carbocycles. The van der Waals surface area contributed by atoms with Gasteiger partial charge in [-0.1, -0.05) is 62.7 Å². The van der Waals surface area contributed by atoms with Gasteiger partial charge in [0.1, 0.15) is 0 Å². The van der Waals surface area contributed by atoms with Gasteiger partial charge in [0, 0.05) is 16.5 Å². The van der Waals surface area contributed by atoms with Gasteiger partial charge in [0.25, 0.3) is 0 Å². The van der Waals surface area contributed by atoms with Gasteiger partial charge in [-0.25, -0.2) is 0 Å². The standard InChI is InChI=1S/C19H19ClO2/c1-19(2,3)11-7-8-13-14(9-11)15(10-17(21)22)12-5-4-6-16(20)18(12)13/h4-9,15H,10H2,1-3H3,(H,21,22). The molecule has 1 unspecified atom stereocenters. The number of fused-ring (bicyclic) bond motifs is 3. The largest absolute Gasteiger partial charge is 0.481 e. The Hall–Kier alpha value is -1.80. The van der Waals surface area contributed by atoms with Crippen LogP contribution in [0.4, 0.5) is 0 Å². The third-order valence-corrected chi connectivity index (χ3v) is 4.68. The van der Waals surface area contributed by atoms with Crippen LogP contribution < -0.4 is 0 Å². The summed E-state index contributed by atoms with van der Waals surface area (Å²) in [4.78, 5) is 11.3. The lowest BCUT2D eigenvalue weighted by Gasteiger charge is -2.21. The number of rotatable bonds is 2. The van der Waals surface area contributed by atoms with Crippen molar-refractivity contribution < 1.29 is 9.90 Å². The van der Waals surface area contributed by atoms with Crippen molar-refractivity contribution in [2.45, 2.75) is 38.5 Å². The molecule has 2 aromatic rings. The van der Waals surface area contributed by atoms with Crippen LogP contribution in [0, 0.1) is 0 Å². The van der Waals surface area contributed by atoms with Crippen LogP contribution in [0.15, 0.2) is 36.4 Å². The number of hydrogen-bond donors (Lipinski definition) is 1. The van der Waals surface area contributed by atoms with Crippen molar-refractivity contribution in [3.63, 3.8) is 0 Å². The summed E-state index contributed by atoms with van der Waals surface area (Å²) in [6.45, 7) is 6.49. The second-order valence-electron chi connectivity index (χ2n) is 6.91. The van der Waals surface area contributed by atoms with Crippen LogP contribution in [0.1, 0.15) is 49.8 Å². The van der Waals surface area contributed by atoms with E-state index in [0.717, 1.165) is 22.3 Å². The van der Waals surface area contributed by atoms with Crippen LogP contribution >= 0.6 is 11.6 Å². The molecule has 0 fully saturated rings. The van der Waals surface area contributed by atoms with Gasteiger partial charge in [0.15, 0.2) is 0 Å². The van der Waals surface area contributed by atoms with E-state index in [4.69, 9.17) is 11.6 Å². The molecule has 0 aromatic heterocycles. The maximum atomic E-state index is 11.3. The molecular weight excluding hydrogens is 296 g/mol. The zero-order chi connectivity index (χ0) is 16.1. The first-order chi connectivity index (χ1) is 10.3.